The summed E-state index contributed by atoms with van der Waals surface area (Å²) in [4.78, 5) is 13.9. The van der Waals surface area contributed by atoms with E-state index in [9.17, 15) is 4.79 Å². The van der Waals surface area contributed by atoms with E-state index in [-0.39, 0.29) is 11.8 Å². The molecule has 0 aliphatic rings. The maximum Gasteiger partial charge on any atom is 0.129 e. The van der Waals surface area contributed by atoms with Crippen LogP contribution in [0.15, 0.2) is 18.3 Å². The van der Waals surface area contributed by atoms with Gasteiger partial charge in [-0.25, -0.2) is 0 Å². The molecule has 1 rings (SSSR count). The quantitative estimate of drug-likeness (QED) is 0.723. The lowest BCUT2D eigenvalue weighted by molar-refractivity contribution is -0.117. The first-order chi connectivity index (χ1) is 6.24. The molecular weight excluding hydrogens is 164 g/mol. The zero-order chi connectivity index (χ0) is 9.68. The molecule has 1 aromatic heterocycles. The Morgan fingerprint density at radius 1 is 1.69 bits per heavy atom. The van der Waals surface area contributed by atoms with E-state index in [1.807, 2.05) is 25.4 Å². The number of aromatic amines is 1. The SMILES string of the molecule is CNC(CCC(C)=O)c1ccc[nH]1. The predicted molar refractivity (Wildman–Crippen MR) is 52.5 cm³/mol. The van der Waals surface area contributed by atoms with Gasteiger partial charge >= 0.3 is 0 Å². The van der Waals surface area contributed by atoms with Crippen molar-refractivity contribution in [3.8, 4) is 0 Å². The summed E-state index contributed by atoms with van der Waals surface area (Å²) >= 11 is 0. The third kappa shape index (κ3) is 3.03. The van der Waals surface area contributed by atoms with Crippen molar-refractivity contribution in [3.63, 3.8) is 0 Å². The van der Waals surface area contributed by atoms with Crippen LogP contribution in [-0.4, -0.2) is 17.8 Å². The fourth-order valence-corrected chi connectivity index (χ4v) is 1.36. The van der Waals surface area contributed by atoms with Gasteiger partial charge in [-0.15, -0.1) is 0 Å². The maximum atomic E-state index is 10.8. The van der Waals surface area contributed by atoms with Crippen molar-refractivity contribution < 1.29 is 4.79 Å². The zero-order valence-corrected chi connectivity index (χ0v) is 8.13. The van der Waals surface area contributed by atoms with Crippen molar-refractivity contribution in [1.82, 2.24) is 10.3 Å². The van der Waals surface area contributed by atoms with E-state index in [0.29, 0.717) is 6.42 Å². The number of hydrogen-bond donors (Lipinski definition) is 2. The number of Topliss-reactive ketones (excluding diaryl/α,β-unsaturated/α-hetero) is 1. The largest absolute Gasteiger partial charge is 0.364 e. The first kappa shape index (κ1) is 9.99. The Labute approximate surface area is 78.5 Å². The van der Waals surface area contributed by atoms with Crippen LogP contribution in [0.1, 0.15) is 31.5 Å². The summed E-state index contributed by atoms with van der Waals surface area (Å²) in [6, 6.07) is 4.26. The normalized spacial score (nSPS) is 12.8. The zero-order valence-electron chi connectivity index (χ0n) is 8.13. The van der Waals surface area contributed by atoms with Gasteiger partial charge in [0.25, 0.3) is 0 Å². The molecule has 3 nitrogen and oxygen atoms in total. The molecule has 0 spiro atoms. The van der Waals surface area contributed by atoms with E-state index in [2.05, 4.69) is 10.3 Å². The average molecular weight is 180 g/mol. The molecule has 0 radical (unpaired) electrons. The van der Waals surface area contributed by atoms with Crippen molar-refractivity contribution in [2.24, 2.45) is 0 Å². The highest BCUT2D eigenvalue weighted by Gasteiger charge is 2.09. The number of carbonyl (C=O) groups excluding carboxylic acids is 1. The Kier molecular flexibility index (Phi) is 3.71. The predicted octanol–water partition coefficient (Wildman–Crippen LogP) is 1.64. The highest BCUT2D eigenvalue weighted by molar-refractivity contribution is 5.75. The Hall–Kier alpha value is -1.09. The van der Waals surface area contributed by atoms with Crippen LogP contribution in [0, 0.1) is 0 Å². The van der Waals surface area contributed by atoms with Gasteiger partial charge in [0.15, 0.2) is 0 Å². The van der Waals surface area contributed by atoms with Gasteiger partial charge in [0.05, 0.1) is 0 Å². The highest BCUT2D eigenvalue weighted by atomic mass is 16.1. The van der Waals surface area contributed by atoms with Gasteiger partial charge in [-0.05, 0) is 32.5 Å². The Morgan fingerprint density at radius 3 is 2.92 bits per heavy atom. The van der Waals surface area contributed by atoms with E-state index < -0.39 is 0 Å². The summed E-state index contributed by atoms with van der Waals surface area (Å²) < 4.78 is 0. The molecule has 1 aromatic rings. The number of nitrogens with one attached hydrogen (secondary N) is 2. The number of rotatable bonds is 5. The van der Waals surface area contributed by atoms with Crippen molar-refractivity contribution in [2.45, 2.75) is 25.8 Å². The summed E-state index contributed by atoms with van der Waals surface area (Å²) in [5.74, 6) is 0.242. The van der Waals surface area contributed by atoms with E-state index >= 15 is 0 Å². The molecule has 1 atom stereocenters. The van der Waals surface area contributed by atoms with Crippen LogP contribution in [0.25, 0.3) is 0 Å². The molecule has 1 unspecified atom stereocenters. The molecule has 3 heteroatoms. The van der Waals surface area contributed by atoms with Gasteiger partial charge in [0.1, 0.15) is 5.78 Å². The lowest BCUT2D eigenvalue weighted by atomic mass is 10.1. The summed E-state index contributed by atoms with van der Waals surface area (Å²) in [6.45, 7) is 1.63. The monoisotopic (exact) mass is 180 g/mol. The second-order valence-corrected chi connectivity index (χ2v) is 3.21. The molecule has 0 fully saturated rings. The fraction of sp³-hybridized carbons (Fsp3) is 0.500. The molecule has 0 aliphatic carbocycles. The first-order valence-corrected chi connectivity index (χ1v) is 4.54. The summed E-state index contributed by atoms with van der Waals surface area (Å²) in [6.07, 6.45) is 3.38. The van der Waals surface area contributed by atoms with Crippen LogP contribution in [-0.2, 0) is 4.79 Å². The molecule has 0 amide bonds. The van der Waals surface area contributed by atoms with Gasteiger partial charge in [0.2, 0.25) is 0 Å². The Balaban J connectivity index is 2.49. The molecule has 1 heterocycles. The van der Waals surface area contributed by atoms with Gasteiger partial charge < -0.3 is 15.1 Å². The lowest BCUT2D eigenvalue weighted by Crippen LogP contribution is -2.17. The van der Waals surface area contributed by atoms with E-state index in [1.54, 1.807) is 6.92 Å². The van der Waals surface area contributed by atoms with E-state index in [1.165, 1.54) is 0 Å². The molecule has 2 N–H and O–H groups in total. The van der Waals surface area contributed by atoms with Crippen LogP contribution >= 0.6 is 0 Å². The Bertz CT molecular complexity index is 254. The second-order valence-electron chi connectivity index (χ2n) is 3.21. The average Bonchev–Trinajstić information content (AvgIpc) is 2.58. The Morgan fingerprint density at radius 2 is 2.46 bits per heavy atom. The summed E-state index contributed by atoms with van der Waals surface area (Å²) in [7, 11) is 1.91. The number of aromatic nitrogens is 1. The topological polar surface area (TPSA) is 44.9 Å². The van der Waals surface area contributed by atoms with Gasteiger partial charge in [0, 0.05) is 24.4 Å². The minimum atomic E-state index is 0.242. The third-order valence-electron chi connectivity index (χ3n) is 2.13. The molecule has 0 aromatic carbocycles. The van der Waals surface area contributed by atoms with Gasteiger partial charge in [-0.3, -0.25) is 0 Å². The molecule has 0 aliphatic heterocycles. The molecule has 0 bridgehead atoms. The smallest absolute Gasteiger partial charge is 0.129 e. The third-order valence-corrected chi connectivity index (χ3v) is 2.13. The summed E-state index contributed by atoms with van der Waals surface area (Å²) in [5.41, 5.74) is 1.14. The summed E-state index contributed by atoms with van der Waals surface area (Å²) in [5, 5.41) is 3.18. The highest BCUT2D eigenvalue weighted by Crippen LogP contribution is 2.15. The van der Waals surface area contributed by atoms with Crippen molar-refractivity contribution in [1.29, 1.82) is 0 Å². The number of carbonyl (C=O) groups is 1. The van der Waals surface area contributed by atoms with E-state index in [0.717, 1.165) is 12.1 Å². The lowest BCUT2D eigenvalue weighted by Gasteiger charge is -2.13. The van der Waals surface area contributed by atoms with Crippen LogP contribution in [0.5, 0.6) is 0 Å². The van der Waals surface area contributed by atoms with Crippen LogP contribution in [0.3, 0.4) is 0 Å². The van der Waals surface area contributed by atoms with Gasteiger partial charge in [-0.2, -0.15) is 0 Å². The molecule has 13 heavy (non-hydrogen) atoms. The second kappa shape index (κ2) is 4.82. The van der Waals surface area contributed by atoms with Crippen molar-refractivity contribution in [2.75, 3.05) is 7.05 Å². The van der Waals surface area contributed by atoms with Crippen LogP contribution in [0.2, 0.25) is 0 Å². The standard InChI is InChI=1S/C10H16N2O/c1-8(13)5-6-9(11-2)10-4-3-7-12-10/h3-4,7,9,11-12H,5-6H2,1-2H3. The van der Waals surface area contributed by atoms with Crippen LogP contribution < -0.4 is 5.32 Å². The molecule has 72 valence electrons. The fourth-order valence-electron chi connectivity index (χ4n) is 1.36. The maximum absolute atomic E-state index is 10.8. The number of H-pyrrole nitrogens is 1. The van der Waals surface area contributed by atoms with Gasteiger partial charge in [-0.1, -0.05) is 0 Å². The first-order valence-electron chi connectivity index (χ1n) is 4.54. The minimum Gasteiger partial charge on any atom is -0.364 e. The van der Waals surface area contributed by atoms with Crippen molar-refractivity contribution >= 4 is 5.78 Å². The molecule has 0 saturated heterocycles. The van der Waals surface area contributed by atoms with Crippen LogP contribution in [0.4, 0.5) is 0 Å². The van der Waals surface area contributed by atoms with E-state index in [4.69, 9.17) is 0 Å². The minimum absolute atomic E-state index is 0.242. The molecule has 0 saturated carbocycles. The number of ketones is 1. The number of hydrogen-bond acceptors (Lipinski definition) is 2. The van der Waals surface area contributed by atoms with Crippen molar-refractivity contribution in [3.05, 3.63) is 24.0 Å². The molecular formula is C10H16N2O.